The Balaban J connectivity index is 1.42. The molecule has 156 valence electrons. The summed E-state index contributed by atoms with van der Waals surface area (Å²) in [5, 5.41) is 3.37. The molecular formula is C22H27F3N4. The molecule has 0 bridgehead atoms. The number of likely N-dealkylation sites (tertiary alicyclic amines) is 1. The molecule has 0 aliphatic carbocycles. The van der Waals surface area contributed by atoms with Crippen molar-refractivity contribution in [3.63, 3.8) is 0 Å². The number of rotatable bonds is 4. The summed E-state index contributed by atoms with van der Waals surface area (Å²) < 4.78 is 38.5. The number of nitrogens with two attached hydrogens (primary N) is 1. The van der Waals surface area contributed by atoms with E-state index in [2.05, 4.69) is 21.3 Å². The fraction of sp³-hybridized carbons (Fsp3) is 0.500. The summed E-state index contributed by atoms with van der Waals surface area (Å²) in [6.45, 7) is 3.32. The van der Waals surface area contributed by atoms with Crippen molar-refractivity contribution in [3.8, 4) is 0 Å². The Kier molecular flexibility index (Phi) is 5.79. The molecule has 7 heteroatoms. The minimum absolute atomic E-state index is 0.0985. The van der Waals surface area contributed by atoms with E-state index in [1.165, 1.54) is 17.7 Å². The lowest BCUT2D eigenvalue weighted by Crippen LogP contribution is -2.41. The molecule has 1 fully saturated rings. The first-order chi connectivity index (χ1) is 14.0. The third-order valence-corrected chi connectivity index (χ3v) is 6.41. The molecule has 2 aromatic rings. The summed E-state index contributed by atoms with van der Waals surface area (Å²) >= 11 is 0. The van der Waals surface area contributed by atoms with Crippen LogP contribution < -0.4 is 11.1 Å². The van der Waals surface area contributed by atoms with Crippen molar-refractivity contribution in [2.75, 3.05) is 31.5 Å². The molecule has 4 nitrogen and oxygen atoms in total. The quantitative estimate of drug-likeness (QED) is 0.793. The van der Waals surface area contributed by atoms with Gasteiger partial charge in [-0.25, -0.2) is 4.98 Å². The smallest absolute Gasteiger partial charge is 0.370 e. The van der Waals surface area contributed by atoms with Gasteiger partial charge >= 0.3 is 6.18 Å². The SMILES string of the molecule is NCC(c1ccc(C(F)(F)F)cc1)C1CCN(C2CCNc3ncccc32)CC1. The number of benzene rings is 1. The number of pyridine rings is 1. The Morgan fingerprint density at radius 1 is 1.10 bits per heavy atom. The van der Waals surface area contributed by atoms with Crippen LogP contribution in [0.1, 0.15) is 47.9 Å². The van der Waals surface area contributed by atoms with Gasteiger partial charge in [0.25, 0.3) is 0 Å². The molecule has 3 N–H and O–H groups in total. The molecule has 1 saturated heterocycles. The van der Waals surface area contributed by atoms with Crippen LogP contribution in [-0.4, -0.2) is 36.1 Å². The van der Waals surface area contributed by atoms with E-state index in [9.17, 15) is 13.2 Å². The summed E-state index contributed by atoms with van der Waals surface area (Å²) in [7, 11) is 0. The molecule has 0 spiro atoms. The number of alkyl halides is 3. The molecule has 1 aromatic carbocycles. The number of nitrogens with one attached hydrogen (secondary N) is 1. The molecule has 0 amide bonds. The van der Waals surface area contributed by atoms with Crippen LogP contribution >= 0.6 is 0 Å². The molecule has 1 aromatic heterocycles. The number of hydrogen-bond donors (Lipinski definition) is 2. The van der Waals surface area contributed by atoms with Crippen molar-refractivity contribution >= 4 is 5.82 Å². The van der Waals surface area contributed by atoms with E-state index in [-0.39, 0.29) is 5.92 Å². The van der Waals surface area contributed by atoms with Gasteiger partial charge < -0.3 is 11.1 Å². The minimum atomic E-state index is -4.30. The molecule has 2 aliphatic heterocycles. The second kappa shape index (κ2) is 8.32. The average Bonchev–Trinajstić information content (AvgIpc) is 2.74. The zero-order valence-electron chi connectivity index (χ0n) is 16.3. The monoisotopic (exact) mass is 404 g/mol. The Morgan fingerprint density at radius 2 is 1.83 bits per heavy atom. The molecular weight excluding hydrogens is 377 g/mol. The van der Waals surface area contributed by atoms with Gasteiger partial charge in [0.1, 0.15) is 5.82 Å². The van der Waals surface area contributed by atoms with Crippen LogP contribution in [0.3, 0.4) is 0 Å². The van der Waals surface area contributed by atoms with Crippen molar-refractivity contribution in [3.05, 3.63) is 59.3 Å². The zero-order valence-corrected chi connectivity index (χ0v) is 16.3. The van der Waals surface area contributed by atoms with Crippen molar-refractivity contribution in [1.82, 2.24) is 9.88 Å². The Bertz CT molecular complexity index is 814. The molecule has 2 aliphatic rings. The highest BCUT2D eigenvalue weighted by atomic mass is 19.4. The predicted octanol–water partition coefficient (Wildman–Crippen LogP) is 4.41. The second-order valence-corrected chi connectivity index (χ2v) is 8.01. The fourth-order valence-corrected chi connectivity index (χ4v) is 4.85. The van der Waals surface area contributed by atoms with E-state index < -0.39 is 11.7 Å². The summed E-state index contributed by atoms with van der Waals surface area (Å²) in [6.07, 6.45) is 0.575. The third-order valence-electron chi connectivity index (χ3n) is 6.41. The molecule has 4 rings (SSSR count). The topological polar surface area (TPSA) is 54.2 Å². The summed E-state index contributed by atoms with van der Waals surface area (Å²) in [5.41, 5.74) is 7.61. The number of anilines is 1. The number of halogens is 3. The lowest BCUT2D eigenvalue weighted by Gasteiger charge is -2.41. The van der Waals surface area contributed by atoms with Crippen molar-refractivity contribution < 1.29 is 13.2 Å². The van der Waals surface area contributed by atoms with Gasteiger partial charge in [-0.2, -0.15) is 13.2 Å². The lowest BCUT2D eigenvalue weighted by atomic mass is 9.79. The summed E-state index contributed by atoms with van der Waals surface area (Å²) in [6, 6.07) is 10.1. The van der Waals surface area contributed by atoms with Gasteiger partial charge in [-0.15, -0.1) is 0 Å². The van der Waals surface area contributed by atoms with Crippen LogP contribution in [0.15, 0.2) is 42.6 Å². The van der Waals surface area contributed by atoms with E-state index >= 15 is 0 Å². The molecule has 2 unspecified atom stereocenters. The first-order valence-corrected chi connectivity index (χ1v) is 10.3. The molecule has 3 heterocycles. The number of piperidine rings is 1. The Hall–Kier alpha value is -2.12. The standard InChI is InChI=1S/C22H27F3N4/c23-22(24,25)17-5-3-15(4-6-17)19(14-26)16-8-12-29(13-9-16)20-7-11-28-21-18(20)2-1-10-27-21/h1-6,10,16,19-20H,7-9,11-14,26H2,(H,27,28). The van der Waals surface area contributed by atoms with E-state index in [1.54, 1.807) is 12.1 Å². The molecule has 2 atom stereocenters. The highest BCUT2D eigenvalue weighted by molar-refractivity contribution is 5.48. The first kappa shape index (κ1) is 20.2. The zero-order chi connectivity index (χ0) is 20.4. The van der Waals surface area contributed by atoms with Crippen LogP contribution in [0.2, 0.25) is 0 Å². The third kappa shape index (κ3) is 4.26. The van der Waals surface area contributed by atoms with Crippen LogP contribution in [0, 0.1) is 5.92 Å². The maximum atomic E-state index is 12.8. The van der Waals surface area contributed by atoms with Gasteiger partial charge in [-0.05, 0) is 74.5 Å². The molecule has 0 saturated carbocycles. The van der Waals surface area contributed by atoms with Gasteiger partial charge in [0.15, 0.2) is 0 Å². The number of hydrogen-bond acceptors (Lipinski definition) is 4. The van der Waals surface area contributed by atoms with Crippen molar-refractivity contribution in [1.29, 1.82) is 0 Å². The van der Waals surface area contributed by atoms with Crippen LogP contribution in [0.25, 0.3) is 0 Å². The van der Waals surface area contributed by atoms with Crippen molar-refractivity contribution in [2.45, 2.75) is 37.4 Å². The largest absolute Gasteiger partial charge is 0.416 e. The predicted molar refractivity (Wildman–Crippen MR) is 108 cm³/mol. The van der Waals surface area contributed by atoms with Crippen LogP contribution in [0.5, 0.6) is 0 Å². The van der Waals surface area contributed by atoms with E-state index in [0.29, 0.717) is 18.5 Å². The highest BCUT2D eigenvalue weighted by Gasteiger charge is 2.34. The van der Waals surface area contributed by atoms with E-state index in [0.717, 1.165) is 50.3 Å². The average molecular weight is 404 g/mol. The maximum Gasteiger partial charge on any atom is 0.416 e. The maximum absolute atomic E-state index is 12.8. The number of fused-ring (bicyclic) bond motifs is 1. The molecule has 29 heavy (non-hydrogen) atoms. The molecule has 0 radical (unpaired) electrons. The van der Waals surface area contributed by atoms with Gasteiger partial charge in [0, 0.05) is 24.3 Å². The van der Waals surface area contributed by atoms with Gasteiger partial charge in [0.05, 0.1) is 5.56 Å². The normalized spacial score (nSPS) is 22.0. The van der Waals surface area contributed by atoms with Crippen LogP contribution in [0.4, 0.5) is 19.0 Å². The summed E-state index contributed by atoms with van der Waals surface area (Å²) in [4.78, 5) is 6.98. The van der Waals surface area contributed by atoms with Gasteiger partial charge in [0.2, 0.25) is 0 Å². The number of nitrogens with zero attached hydrogens (tertiary/aromatic N) is 2. The minimum Gasteiger partial charge on any atom is -0.370 e. The lowest BCUT2D eigenvalue weighted by molar-refractivity contribution is -0.137. The number of aromatic nitrogens is 1. The first-order valence-electron chi connectivity index (χ1n) is 10.3. The van der Waals surface area contributed by atoms with Crippen LogP contribution in [-0.2, 0) is 6.18 Å². The van der Waals surface area contributed by atoms with Gasteiger partial charge in [-0.1, -0.05) is 18.2 Å². The van der Waals surface area contributed by atoms with Crippen molar-refractivity contribution in [2.24, 2.45) is 11.7 Å². The van der Waals surface area contributed by atoms with Gasteiger partial charge in [-0.3, -0.25) is 4.90 Å². The van der Waals surface area contributed by atoms with E-state index in [4.69, 9.17) is 5.73 Å². The highest BCUT2D eigenvalue weighted by Crippen LogP contribution is 2.39. The summed E-state index contributed by atoms with van der Waals surface area (Å²) in [5.74, 6) is 1.47. The Morgan fingerprint density at radius 3 is 2.48 bits per heavy atom. The Labute approximate surface area is 169 Å². The fourth-order valence-electron chi connectivity index (χ4n) is 4.85. The van der Waals surface area contributed by atoms with E-state index in [1.807, 2.05) is 12.3 Å². The second-order valence-electron chi connectivity index (χ2n) is 8.01.